The first-order valence-corrected chi connectivity index (χ1v) is 6.13. The Hall–Kier alpha value is 0.0300. The van der Waals surface area contributed by atoms with E-state index < -0.39 is 23.8 Å². The number of alkyl halides is 3. The molecule has 1 aromatic rings. The summed E-state index contributed by atoms with van der Waals surface area (Å²) in [6, 6.07) is 2.42. The zero-order chi connectivity index (χ0) is 13.4. The van der Waals surface area contributed by atoms with Crippen LogP contribution in [0, 0.1) is 0 Å². The molecule has 1 aromatic carbocycles. The zero-order valence-electron chi connectivity index (χ0n) is 8.58. The molecule has 0 aromatic heterocycles. The van der Waals surface area contributed by atoms with Gasteiger partial charge in [-0.2, -0.15) is 13.2 Å². The van der Waals surface area contributed by atoms with E-state index in [1.165, 1.54) is 13.0 Å². The standard InChI is InChI=1S/C10H8BrCl2F3O/c1-2-9(17,10(14,15)16)5-3-4-6(11)8(13)7(5)12/h3-4,17H,2H2,1H3. The van der Waals surface area contributed by atoms with E-state index in [1.54, 1.807) is 0 Å². The molecule has 0 bridgehead atoms. The van der Waals surface area contributed by atoms with Crippen molar-refractivity contribution in [3.63, 3.8) is 0 Å². The minimum absolute atomic E-state index is 0.0553. The van der Waals surface area contributed by atoms with Gasteiger partial charge in [-0.05, 0) is 28.4 Å². The SMILES string of the molecule is CCC(O)(c1ccc(Br)c(Cl)c1Cl)C(F)(F)F. The fourth-order valence-corrected chi connectivity index (χ4v) is 2.32. The highest BCUT2D eigenvalue weighted by atomic mass is 79.9. The van der Waals surface area contributed by atoms with Gasteiger partial charge in [-0.15, -0.1) is 0 Å². The van der Waals surface area contributed by atoms with E-state index in [-0.39, 0.29) is 10.0 Å². The van der Waals surface area contributed by atoms with Crippen LogP contribution in [0.5, 0.6) is 0 Å². The Morgan fingerprint density at radius 3 is 2.18 bits per heavy atom. The molecule has 0 radical (unpaired) electrons. The highest BCUT2D eigenvalue weighted by molar-refractivity contribution is 9.10. The lowest BCUT2D eigenvalue weighted by atomic mass is 9.90. The molecule has 0 fully saturated rings. The van der Waals surface area contributed by atoms with E-state index in [9.17, 15) is 18.3 Å². The molecule has 0 saturated carbocycles. The quantitative estimate of drug-likeness (QED) is 0.750. The van der Waals surface area contributed by atoms with Crippen molar-refractivity contribution in [1.82, 2.24) is 0 Å². The number of aliphatic hydroxyl groups is 1. The van der Waals surface area contributed by atoms with Gasteiger partial charge in [0.05, 0.1) is 10.0 Å². The van der Waals surface area contributed by atoms with Crippen LogP contribution in [0.1, 0.15) is 18.9 Å². The summed E-state index contributed by atoms with van der Waals surface area (Å²) in [6.45, 7) is 1.22. The Morgan fingerprint density at radius 1 is 1.24 bits per heavy atom. The molecular formula is C10H8BrCl2F3O. The normalized spacial score (nSPS) is 15.8. The molecule has 0 amide bonds. The van der Waals surface area contributed by atoms with Crippen LogP contribution < -0.4 is 0 Å². The molecule has 1 rings (SSSR count). The molecule has 96 valence electrons. The van der Waals surface area contributed by atoms with Gasteiger partial charge >= 0.3 is 6.18 Å². The summed E-state index contributed by atoms with van der Waals surface area (Å²) in [7, 11) is 0. The summed E-state index contributed by atoms with van der Waals surface area (Å²) < 4.78 is 38.9. The summed E-state index contributed by atoms with van der Waals surface area (Å²) in [5.41, 5.74) is -3.43. The van der Waals surface area contributed by atoms with Gasteiger partial charge in [-0.25, -0.2) is 0 Å². The smallest absolute Gasteiger partial charge is 0.376 e. The maximum absolute atomic E-state index is 12.8. The first-order valence-electron chi connectivity index (χ1n) is 4.58. The number of hydrogen-bond acceptors (Lipinski definition) is 1. The molecule has 1 unspecified atom stereocenters. The van der Waals surface area contributed by atoms with Crippen molar-refractivity contribution in [2.75, 3.05) is 0 Å². The predicted octanol–water partition coefficient (Wildman–Crippen LogP) is 4.92. The first kappa shape index (κ1) is 15.1. The number of rotatable bonds is 2. The monoisotopic (exact) mass is 350 g/mol. The third-order valence-electron chi connectivity index (χ3n) is 2.46. The van der Waals surface area contributed by atoms with Crippen LogP contribution in [0.15, 0.2) is 16.6 Å². The van der Waals surface area contributed by atoms with Gasteiger partial charge in [-0.1, -0.05) is 36.2 Å². The molecule has 7 heteroatoms. The van der Waals surface area contributed by atoms with Crippen molar-refractivity contribution in [1.29, 1.82) is 0 Å². The van der Waals surface area contributed by atoms with Gasteiger partial charge in [0.1, 0.15) is 0 Å². The summed E-state index contributed by atoms with van der Waals surface area (Å²) in [6.07, 6.45) is -5.36. The minimum atomic E-state index is -4.82. The molecule has 0 aliphatic carbocycles. The number of hydrogen-bond donors (Lipinski definition) is 1. The van der Waals surface area contributed by atoms with E-state index >= 15 is 0 Å². The van der Waals surface area contributed by atoms with Gasteiger partial charge in [-0.3, -0.25) is 0 Å². The molecule has 0 heterocycles. The first-order chi connectivity index (χ1) is 7.65. The van der Waals surface area contributed by atoms with Crippen LogP contribution >= 0.6 is 39.1 Å². The summed E-state index contributed by atoms with van der Waals surface area (Å²) in [5, 5.41) is 9.38. The van der Waals surface area contributed by atoms with Gasteiger partial charge in [0.15, 0.2) is 5.60 Å². The molecule has 1 nitrogen and oxygen atoms in total. The predicted molar refractivity (Wildman–Crippen MR) is 64.4 cm³/mol. The second kappa shape index (κ2) is 4.96. The molecule has 1 N–H and O–H groups in total. The average Bonchev–Trinajstić information content (AvgIpc) is 2.23. The Balaban J connectivity index is 3.47. The molecule has 0 saturated heterocycles. The van der Waals surface area contributed by atoms with Gasteiger partial charge < -0.3 is 5.11 Å². The lowest BCUT2D eigenvalue weighted by Crippen LogP contribution is -2.42. The summed E-state index contributed by atoms with van der Waals surface area (Å²) in [4.78, 5) is 0. The minimum Gasteiger partial charge on any atom is -0.376 e. The number of halogens is 6. The molecule has 17 heavy (non-hydrogen) atoms. The van der Waals surface area contributed by atoms with Crippen molar-refractivity contribution in [2.24, 2.45) is 0 Å². The molecular weight excluding hydrogens is 344 g/mol. The van der Waals surface area contributed by atoms with E-state index in [0.717, 1.165) is 6.07 Å². The van der Waals surface area contributed by atoms with E-state index in [4.69, 9.17) is 23.2 Å². The van der Waals surface area contributed by atoms with E-state index in [0.29, 0.717) is 4.47 Å². The van der Waals surface area contributed by atoms with Crippen molar-refractivity contribution in [3.8, 4) is 0 Å². The summed E-state index contributed by atoms with van der Waals surface area (Å²) in [5.74, 6) is 0. The zero-order valence-corrected chi connectivity index (χ0v) is 11.7. The van der Waals surface area contributed by atoms with Crippen LogP contribution in [0.3, 0.4) is 0 Å². The lowest BCUT2D eigenvalue weighted by molar-refractivity contribution is -0.267. The second-order valence-corrected chi connectivity index (χ2v) is 5.04. The van der Waals surface area contributed by atoms with Crippen molar-refractivity contribution < 1.29 is 18.3 Å². The van der Waals surface area contributed by atoms with E-state index in [1.807, 2.05) is 0 Å². The Morgan fingerprint density at radius 2 is 1.76 bits per heavy atom. The topological polar surface area (TPSA) is 20.2 Å². The molecule has 0 aliphatic heterocycles. The molecule has 1 atom stereocenters. The second-order valence-electron chi connectivity index (χ2n) is 3.43. The van der Waals surface area contributed by atoms with Crippen molar-refractivity contribution in [3.05, 3.63) is 32.2 Å². The Bertz CT molecular complexity index is 436. The third kappa shape index (κ3) is 2.57. The van der Waals surface area contributed by atoms with Crippen LogP contribution in [-0.4, -0.2) is 11.3 Å². The number of benzene rings is 1. The van der Waals surface area contributed by atoms with E-state index in [2.05, 4.69) is 15.9 Å². The van der Waals surface area contributed by atoms with Crippen molar-refractivity contribution in [2.45, 2.75) is 25.1 Å². The highest BCUT2D eigenvalue weighted by Gasteiger charge is 2.54. The Kier molecular flexibility index (Phi) is 4.40. The van der Waals surface area contributed by atoms with Crippen LogP contribution in [0.25, 0.3) is 0 Å². The van der Waals surface area contributed by atoms with Crippen LogP contribution in [0.4, 0.5) is 13.2 Å². The highest BCUT2D eigenvalue weighted by Crippen LogP contribution is 2.46. The van der Waals surface area contributed by atoms with Gasteiger partial charge in [0.2, 0.25) is 0 Å². The third-order valence-corrected chi connectivity index (χ3v) is 4.23. The van der Waals surface area contributed by atoms with Gasteiger partial charge in [0, 0.05) is 10.0 Å². The maximum Gasteiger partial charge on any atom is 0.421 e. The Labute approximate surface area is 115 Å². The van der Waals surface area contributed by atoms with Crippen LogP contribution in [0.2, 0.25) is 10.0 Å². The average molecular weight is 352 g/mol. The van der Waals surface area contributed by atoms with Crippen LogP contribution in [-0.2, 0) is 5.60 Å². The summed E-state index contributed by atoms with van der Waals surface area (Å²) >= 11 is 14.5. The molecule has 0 spiro atoms. The fourth-order valence-electron chi connectivity index (χ4n) is 1.39. The lowest BCUT2D eigenvalue weighted by Gasteiger charge is -2.30. The fraction of sp³-hybridized carbons (Fsp3) is 0.400. The molecule has 0 aliphatic rings. The largest absolute Gasteiger partial charge is 0.421 e. The van der Waals surface area contributed by atoms with Crippen molar-refractivity contribution >= 4 is 39.1 Å². The maximum atomic E-state index is 12.8. The van der Waals surface area contributed by atoms with Gasteiger partial charge in [0.25, 0.3) is 0 Å².